The first-order valence-corrected chi connectivity index (χ1v) is 8.95. The summed E-state index contributed by atoms with van der Waals surface area (Å²) in [6.45, 7) is 5.29. The van der Waals surface area contributed by atoms with Gasteiger partial charge in [-0.3, -0.25) is 4.79 Å². The van der Waals surface area contributed by atoms with E-state index < -0.39 is 23.3 Å². The van der Waals surface area contributed by atoms with Crippen molar-refractivity contribution in [3.05, 3.63) is 41.7 Å². The molecular weight excluding hydrogens is 401 g/mol. The topological polar surface area (TPSA) is 77.8 Å². The lowest BCUT2D eigenvalue weighted by Gasteiger charge is -2.20. The number of nitrogens with one attached hydrogen (secondary N) is 1. The Kier molecular flexibility index (Phi) is 5.36. The highest BCUT2D eigenvalue weighted by Crippen LogP contribution is 2.35. The molecule has 30 heavy (non-hydrogen) atoms. The van der Waals surface area contributed by atoms with Gasteiger partial charge in [0.1, 0.15) is 5.56 Å². The molecule has 0 fully saturated rings. The molecule has 1 aromatic carbocycles. The molecule has 0 unspecified atom stereocenters. The van der Waals surface area contributed by atoms with E-state index in [4.69, 9.17) is 9.47 Å². The summed E-state index contributed by atoms with van der Waals surface area (Å²) in [7, 11) is 2.88. The number of methoxy groups -OCH3 is 2. The molecule has 3 rings (SSSR count). The number of alkyl halides is 3. The fourth-order valence-corrected chi connectivity index (χ4v) is 2.88. The fraction of sp³-hybridized carbons (Fsp3) is 0.350. The van der Waals surface area contributed by atoms with E-state index in [0.717, 1.165) is 12.3 Å². The molecule has 160 valence electrons. The lowest BCUT2D eigenvalue weighted by atomic mass is 10.1. The lowest BCUT2D eigenvalue weighted by molar-refractivity contribution is -0.142. The third kappa shape index (κ3) is 4.17. The molecule has 0 saturated carbocycles. The van der Waals surface area contributed by atoms with Crippen molar-refractivity contribution in [1.29, 1.82) is 0 Å². The normalized spacial score (nSPS) is 12.1. The van der Waals surface area contributed by atoms with E-state index in [1.165, 1.54) is 20.3 Å². The van der Waals surface area contributed by atoms with Crippen LogP contribution in [0.1, 0.15) is 36.8 Å². The fourth-order valence-electron chi connectivity index (χ4n) is 2.88. The second-order valence-corrected chi connectivity index (χ2v) is 7.59. The van der Waals surface area contributed by atoms with Gasteiger partial charge in [-0.25, -0.2) is 9.50 Å². The number of fused-ring (bicyclic) bond motifs is 1. The van der Waals surface area contributed by atoms with Crippen LogP contribution in [0.15, 0.2) is 30.5 Å². The van der Waals surface area contributed by atoms with Crippen molar-refractivity contribution in [3.8, 4) is 22.8 Å². The van der Waals surface area contributed by atoms with Crippen LogP contribution in [0.5, 0.6) is 11.5 Å². The molecule has 7 nitrogen and oxygen atoms in total. The minimum absolute atomic E-state index is 0.0149. The zero-order chi connectivity index (χ0) is 22.3. The van der Waals surface area contributed by atoms with E-state index in [9.17, 15) is 18.0 Å². The molecule has 10 heteroatoms. The molecule has 0 saturated heterocycles. The molecule has 2 heterocycles. The van der Waals surface area contributed by atoms with Gasteiger partial charge in [-0.2, -0.15) is 18.3 Å². The highest BCUT2D eigenvalue weighted by atomic mass is 19.4. The van der Waals surface area contributed by atoms with Crippen LogP contribution in [-0.4, -0.2) is 40.3 Å². The quantitative estimate of drug-likeness (QED) is 0.689. The van der Waals surface area contributed by atoms with E-state index >= 15 is 0 Å². The van der Waals surface area contributed by atoms with Crippen LogP contribution in [-0.2, 0) is 6.18 Å². The van der Waals surface area contributed by atoms with E-state index in [2.05, 4.69) is 15.4 Å². The summed E-state index contributed by atoms with van der Waals surface area (Å²) in [5, 5.41) is 6.48. The van der Waals surface area contributed by atoms with Gasteiger partial charge in [0.25, 0.3) is 5.91 Å². The van der Waals surface area contributed by atoms with Crippen molar-refractivity contribution in [3.63, 3.8) is 0 Å². The minimum Gasteiger partial charge on any atom is -0.493 e. The zero-order valence-electron chi connectivity index (χ0n) is 17.1. The number of hydrogen-bond acceptors (Lipinski definition) is 5. The number of hydrogen-bond donors (Lipinski definition) is 1. The number of aromatic nitrogens is 3. The first-order valence-electron chi connectivity index (χ1n) is 8.95. The predicted molar refractivity (Wildman–Crippen MR) is 104 cm³/mol. The maximum absolute atomic E-state index is 13.7. The van der Waals surface area contributed by atoms with E-state index in [-0.39, 0.29) is 16.9 Å². The van der Waals surface area contributed by atoms with Crippen molar-refractivity contribution in [2.45, 2.75) is 32.5 Å². The van der Waals surface area contributed by atoms with Crippen LogP contribution in [0.2, 0.25) is 0 Å². The number of carbonyl (C=O) groups excluding carboxylic acids is 1. The van der Waals surface area contributed by atoms with Crippen LogP contribution in [0.3, 0.4) is 0 Å². The minimum atomic E-state index is -4.71. The first kappa shape index (κ1) is 21.4. The van der Waals surface area contributed by atoms with Gasteiger partial charge in [-0.1, -0.05) is 0 Å². The zero-order valence-corrected chi connectivity index (χ0v) is 17.1. The van der Waals surface area contributed by atoms with Crippen LogP contribution < -0.4 is 14.8 Å². The van der Waals surface area contributed by atoms with E-state index in [0.29, 0.717) is 21.6 Å². The number of benzene rings is 1. The molecule has 0 aliphatic rings. The SMILES string of the molecule is COc1ccc(-c2cc(C(F)(F)F)n3ncc(C(=O)NC(C)(C)C)c3n2)cc1OC. The smallest absolute Gasteiger partial charge is 0.433 e. The van der Waals surface area contributed by atoms with Crippen molar-refractivity contribution in [2.24, 2.45) is 0 Å². The number of rotatable bonds is 4. The summed E-state index contributed by atoms with van der Waals surface area (Å²) >= 11 is 0. The summed E-state index contributed by atoms with van der Waals surface area (Å²) in [5.74, 6) is 0.194. The lowest BCUT2D eigenvalue weighted by Crippen LogP contribution is -2.40. The highest BCUT2D eigenvalue weighted by molar-refractivity contribution is 6.00. The average Bonchev–Trinajstić information content (AvgIpc) is 3.08. The molecule has 0 bridgehead atoms. The summed E-state index contributed by atoms with van der Waals surface area (Å²) in [6, 6.07) is 5.53. The Morgan fingerprint density at radius 1 is 1.07 bits per heavy atom. The van der Waals surface area contributed by atoms with Gasteiger partial charge in [0.2, 0.25) is 0 Å². The Labute approximate surface area is 170 Å². The molecule has 1 amide bonds. The predicted octanol–water partition coefficient (Wildman–Crippen LogP) is 3.96. The molecule has 0 radical (unpaired) electrons. The molecule has 0 spiro atoms. The third-order valence-corrected chi connectivity index (χ3v) is 4.17. The van der Waals surface area contributed by atoms with Gasteiger partial charge in [-0.15, -0.1) is 0 Å². The van der Waals surface area contributed by atoms with Gasteiger partial charge in [-0.05, 0) is 45.0 Å². The number of ether oxygens (including phenoxy) is 2. The Bertz CT molecular complexity index is 1100. The Hall–Kier alpha value is -3.30. The monoisotopic (exact) mass is 422 g/mol. The Morgan fingerprint density at radius 3 is 2.30 bits per heavy atom. The van der Waals surface area contributed by atoms with Crippen molar-refractivity contribution >= 4 is 11.6 Å². The first-order chi connectivity index (χ1) is 13.9. The maximum Gasteiger partial charge on any atom is 0.433 e. The van der Waals surface area contributed by atoms with Crippen LogP contribution in [0.25, 0.3) is 16.9 Å². The molecule has 1 N–H and O–H groups in total. The van der Waals surface area contributed by atoms with Crippen LogP contribution >= 0.6 is 0 Å². The van der Waals surface area contributed by atoms with Crippen molar-refractivity contribution in [1.82, 2.24) is 19.9 Å². The van der Waals surface area contributed by atoms with Crippen molar-refractivity contribution < 1.29 is 27.4 Å². The van der Waals surface area contributed by atoms with Crippen LogP contribution in [0.4, 0.5) is 13.2 Å². The number of carbonyl (C=O) groups is 1. The Morgan fingerprint density at radius 2 is 1.73 bits per heavy atom. The number of amides is 1. The number of halogens is 3. The molecular formula is C20H21F3N4O3. The molecule has 0 aliphatic heterocycles. The van der Waals surface area contributed by atoms with Crippen LogP contribution in [0, 0.1) is 0 Å². The molecule has 3 aromatic rings. The molecule has 0 aliphatic carbocycles. The summed E-state index contributed by atoms with van der Waals surface area (Å²) in [5.41, 5.74) is -1.51. The summed E-state index contributed by atoms with van der Waals surface area (Å²) in [6.07, 6.45) is -3.63. The molecule has 2 aromatic heterocycles. The largest absolute Gasteiger partial charge is 0.493 e. The average molecular weight is 422 g/mol. The van der Waals surface area contributed by atoms with Crippen molar-refractivity contribution in [2.75, 3.05) is 14.2 Å². The van der Waals surface area contributed by atoms with Gasteiger partial charge in [0.15, 0.2) is 22.8 Å². The summed E-state index contributed by atoms with van der Waals surface area (Å²) in [4.78, 5) is 16.9. The van der Waals surface area contributed by atoms with E-state index in [1.54, 1.807) is 32.9 Å². The maximum atomic E-state index is 13.7. The van der Waals surface area contributed by atoms with Gasteiger partial charge >= 0.3 is 6.18 Å². The van der Waals surface area contributed by atoms with Gasteiger partial charge in [0, 0.05) is 11.1 Å². The third-order valence-electron chi connectivity index (χ3n) is 4.17. The van der Waals surface area contributed by atoms with Gasteiger partial charge in [0.05, 0.1) is 26.1 Å². The summed E-state index contributed by atoms with van der Waals surface area (Å²) < 4.78 is 52.2. The van der Waals surface area contributed by atoms with E-state index in [1.807, 2.05) is 0 Å². The highest BCUT2D eigenvalue weighted by Gasteiger charge is 2.36. The second-order valence-electron chi connectivity index (χ2n) is 7.59. The second kappa shape index (κ2) is 7.51. The standard InChI is InChI=1S/C20H21F3N4O3/c1-19(2,3)26-18(28)12-10-24-27-16(20(21,22)23)9-13(25-17(12)27)11-6-7-14(29-4)15(8-11)30-5/h6-10H,1-5H3,(H,26,28). The Balaban J connectivity index is 2.23. The van der Waals surface area contributed by atoms with Gasteiger partial charge < -0.3 is 14.8 Å². The molecule has 0 atom stereocenters. The number of nitrogens with zero attached hydrogens (tertiary/aromatic N) is 3.